The summed E-state index contributed by atoms with van der Waals surface area (Å²) in [5, 5.41) is 6.54. The van der Waals surface area contributed by atoms with Gasteiger partial charge in [0.1, 0.15) is 5.82 Å². The highest BCUT2D eigenvalue weighted by Gasteiger charge is 2.02. The van der Waals surface area contributed by atoms with Crippen LogP contribution < -0.4 is 10.6 Å². The first-order chi connectivity index (χ1) is 10.3. The summed E-state index contributed by atoms with van der Waals surface area (Å²) in [6.07, 6.45) is 0.951. The first-order valence-electron chi connectivity index (χ1n) is 7.14. The number of benzene rings is 1. The number of aromatic nitrogens is 2. The Bertz CT molecular complexity index is 545. The van der Waals surface area contributed by atoms with E-state index in [9.17, 15) is 0 Å². The van der Waals surface area contributed by atoms with Crippen LogP contribution in [0.25, 0.3) is 0 Å². The van der Waals surface area contributed by atoms with Gasteiger partial charge in [0.2, 0.25) is 5.95 Å². The smallest absolute Gasteiger partial charge is 0.225 e. The molecule has 0 saturated carbocycles. The number of nitrogens with one attached hydrogen (secondary N) is 2. The molecule has 2 N–H and O–H groups in total. The van der Waals surface area contributed by atoms with Crippen molar-refractivity contribution >= 4 is 11.8 Å². The molecule has 2 rings (SSSR count). The summed E-state index contributed by atoms with van der Waals surface area (Å²) < 4.78 is 5.03. The van der Waals surface area contributed by atoms with E-state index in [1.165, 1.54) is 5.56 Å². The van der Waals surface area contributed by atoms with Crippen molar-refractivity contribution in [3.63, 3.8) is 0 Å². The summed E-state index contributed by atoms with van der Waals surface area (Å²) >= 11 is 0. The van der Waals surface area contributed by atoms with Crippen LogP contribution in [-0.2, 0) is 11.3 Å². The molecule has 0 radical (unpaired) electrons. The lowest BCUT2D eigenvalue weighted by atomic mass is 10.2. The first kappa shape index (κ1) is 15.3. The Morgan fingerprint density at radius 1 is 1.10 bits per heavy atom. The summed E-state index contributed by atoms with van der Waals surface area (Å²) in [5.74, 6) is 1.49. The number of anilines is 2. The van der Waals surface area contributed by atoms with E-state index in [0.29, 0.717) is 12.5 Å². The molecule has 0 saturated heterocycles. The maximum atomic E-state index is 5.03. The Morgan fingerprint density at radius 2 is 1.90 bits per heavy atom. The Balaban J connectivity index is 1.91. The third-order valence-electron chi connectivity index (χ3n) is 2.98. The third kappa shape index (κ3) is 5.39. The number of aryl methyl sites for hydroxylation is 1. The van der Waals surface area contributed by atoms with Gasteiger partial charge >= 0.3 is 0 Å². The van der Waals surface area contributed by atoms with Gasteiger partial charge in [-0.25, -0.2) is 4.98 Å². The van der Waals surface area contributed by atoms with E-state index in [0.717, 1.165) is 31.1 Å². The Kier molecular flexibility index (Phi) is 5.97. The number of nitrogens with zero attached hydrogens (tertiary/aromatic N) is 2. The van der Waals surface area contributed by atoms with Gasteiger partial charge in [0.15, 0.2) is 0 Å². The minimum Gasteiger partial charge on any atom is -0.385 e. The quantitative estimate of drug-likeness (QED) is 0.731. The van der Waals surface area contributed by atoms with Gasteiger partial charge in [-0.15, -0.1) is 0 Å². The second-order valence-corrected chi connectivity index (χ2v) is 4.83. The molecular formula is C16H22N4O. The number of ether oxygens (including phenoxy) is 1. The van der Waals surface area contributed by atoms with E-state index < -0.39 is 0 Å². The number of hydrogen-bond donors (Lipinski definition) is 2. The van der Waals surface area contributed by atoms with Gasteiger partial charge in [-0.3, -0.25) is 0 Å². The van der Waals surface area contributed by atoms with Crippen LogP contribution in [0.15, 0.2) is 36.4 Å². The summed E-state index contributed by atoms with van der Waals surface area (Å²) in [4.78, 5) is 8.88. The molecule has 0 bridgehead atoms. The van der Waals surface area contributed by atoms with Crippen LogP contribution in [0, 0.1) is 6.92 Å². The molecule has 2 aromatic rings. The van der Waals surface area contributed by atoms with Crippen LogP contribution in [0.5, 0.6) is 0 Å². The van der Waals surface area contributed by atoms with E-state index in [2.05, 4.69) is 32.7 Å². The van der Waals surface area contributed by atoms with Crippen LogP contribution in [0.3, 0.4) is 0 Å². The average molecular weight is 286 g/mol. The predicted octanol–water partition coefficient (Wildman–Crippen LogP) is 2.85. The highest BCUT2D eigenvalue weighted by Crippen LogP contribution is 2.11. The lowest BCUT2D eigenvalue weighted by Crippen LogP contribution is -2.09. The van der Waals surface area contributed by atoms with E-state index in [-0.39, 0.29) is 0 Å². The fourth-order valence-electron chi connectivity index (χ4n) is 1.95. The van der Waals surface area contributed by atoms with Crippen molar-refractivity contribution in [1.29, 1.82) is 0 Å². The maximum absolute atomic E-state index is 5.03. The summed E-state index contributed by atoms with van der Waals surface area (Å²) in [6, 6.07) is 12.2. The summed E-state index contributed by atoms with van der Waals surface area (Å²) in [6.45, 7) is 4.27. The van der Waals surface area contributed by atoms with Crippen molar-refractivity contribution in [3.05, 3.63) is 47.7 Å². The molecular weight excluding hydrogens is 264 g/mol. The highest BCUT2D eigenvalue weighted by molar-refractivity contribution is 5.42. The van der Waals surface area contributed by atoms with E-state index in [4.69, 9.17) is 4.74 Å². The van der Waals surface area contributed by atoms with Gasteiger partial charge in [-0.1, -0.05) is 30.3 Å². The summed E-state index contributed by atoms with van der Waals surface area (Å²) in [5.41, 5.74) is 2.15. The molecule has 0 aliphatic heterocycles. The van der Waals surface area contributed by atoms with Crippen molar-refractivity contribution in [2.45, 2.75) is 19.9 Å². The molecule has 1 aromatic heterocycles. The standard InChI is InChI=1S/C16H22N4O/c1-13-11-15(17-9-6-10-21-2)20-16(19-13)18-12-14-7-4-3-5-8-14/h3-5,7-8,11H,6,9-10,12H2,1-2H3,(H2,17,18,19,20). The molecule has 5 nitrogen and oxygen atoms in total. The largest absolute Gasteiger partial charge is 0.385 e. The lowest BCUT2D eigenvalue weighted by molar-refractivity contribution is 0.198. The molecule has 0 aliphatic rings. The molecule has 1 heterocycles. The van der Waals surface area contributed by atoms with Crippen LogP contribution >= 0.6 is 0 Å². The van der Waals surface area contributed by atoms with Gasteiger partial charge in [-0.05, 0) is 18.9 Å². The molecule has 0 unspecified atom stereocenters. The van der Waals surface area contributed by atoms with Gasteiger partial charge in [0, 0.05) is 38.6 Å². The zero-order valence-corrected chi connectivity index (χ0v) is 12.6. The predicted molar refractivity (Wildman–Crippen MR) is 85.5 cm³/mol. The molecule has 5 heteroatoms. The molecule has 0 spiro atoms. The molecule has 0 amide bonds. The number of hydrogen-bond acceptors (Lipinski definition) is 5. The molecule has 0 atom stereocenters. The van der Waals surface area contributed by atoms with Gasteiger partial charge in [-0.2, -0.15) is 4.98 Å². The summed E-state index contributed by atoms with van der Waals surface area (Å²) in [7, 11) is 1.71. The minimum atomic E-state index is 0.646. The van der Waals surface area contributed by atoms with Crippen LogP contribution in [0.1, 0.15) is 17.7 Å². The van der Waals surface area contributed by atoms with Crippen molar-refractivity contribution < 1.29 is 4.74 Å². The maximum Gasteiger partial charge on any atom is 0.225 e. The van der Waals surface area contributed by atoms with Gasteiger partial charge in [0.25, 0.3) is 0 Å². The van der Waals surface area contributed by atoms with Crippen LogP contribution in [-0.4, -0.2) is 30.2 Å². The van der Waals surface area contributed by atoms with E-state index in [1.807, 2.05) is 31.2 Å². The zero-order valence-electron chi connectivity index (χ0n) is 12.6. The second-order valence-electron chi connectivity index (χ2n) is 4.83. The monoisotopic (exact) mass is 286 g/mol. The fourth-order valence-corrected chi connectivity index (χ4v) is 1.95. The topological polar surface area (TPSA) is 59.1 Å². The van der Waals surface area contributed by atoms with E-state index in [1.54, 1.807) is 7.11 Å². The van der Waals surface area contributed by atoms with E-state index >= 15 is 0 Å². The third-order valence-corrected chi connectivity index (χ3v) is 2.98. The normalized spacial score (nSPS) is 10.4. The molecule has 112 valence electrons. The Hall–Kier alpha value is -2.14. The van der Waals surface area contributed by atoms with Crippen LogP contribution in [0.4, 0.5) is 11.8 Å². The van der Waals surface area contributed by atoms with Crippen molar-refractivity contribution in [2.24, 2.45) is 0 Å². The van der Waals surface area contributed by atoms with Crippen molar-refractivity contribution in [2.75, 3.05) is 30.9 Å². The molecule has 21 heavy (non-hydrogen) atoms. The number of methoxy groups -OCH3 is 1. The Morgan fingerprint density at radius 3 is 2.67 bits per heavy atom. The van der Waals surface area contributed by atoms with Gasteiger partial charge in [0.05, 0.1) is 0 Å². The Labute approximate surface area is 125 Å². The average Bonchev–Trinajstić information content (AvgIpc) is 2.50. The number of rotatable bonds is 8. The zero-order chi connectivity index (χ0) is 14.9. The first-order valence-corrected chi connectivity index (χ1v) is 7.14. The second kappa shape index (κ2) is 8.21. The lowest BCUT2D eigenvalue weighted by Gasteiger charge is -2.10. The fraction of sp³-hybridized carbons (Fsp3) is 0.375. The SMILES string of the molecule is COCCCNc1cc(C)nc(NCc2ccccc2)n1. The molecule has 0 fully saturated rings. The molecule has 0 aliphatic carbocycles. The van der Waals surface area contributed by atoms with Crippen molar-refractivity contribution in [1.82, 2.24) is 9.97 Å². The minimum absolute atomic E-state index is 0.646. The van der Waals surface area contributed by atoms with Crippen molar-refractivity contribution in [3.8, 4) is 0 Å². The highest BCUT2D eigenvalue weighted by atomic mass is 16.5. The van der Waals surface area contributed by atoms with Crippen LogP contribution in [0.2, 0.25) is 0 Å². The molecule has 1 aromatic carbocycles. The van der Waals surface area contributed by atoms with Gasteiger partial charge < -0.3 is 15.4 Å².